The molecule has 0 saturated heterocycles. The molecular weight excluding hydrogens is 300 g/mol. The maximum absolute atomic E-state index is 11.7. The highest BCUT2D eigenvalue weighted by Gasteiger charge is 2.26. The molecule has 3 nitrogen and oxygen atoms in total. The molecule has 0 aliphatic heterocycles. The van der Waals surface area contributed by atoms with E-state index in [-0.39, 0.29) is 0 Å². The van der Waals surface area contributed by atoms with Gasteiger partial charge in [-0.3, -0.25) is 4.79 Å². The maximum Gasteiger partial charge on any atom is 0.310 e. The van der Waals surface area contributed by atoms with Crippen molar-refractivity contribution in [3.8, 4) is 5.75 Å². The topological polar surface area (TPSA) is 46.5 Å². The quantitative estimate of drug-likeness (QED) is 0.778. The molecule has 0 aromatic heterocycles. The number of benzene rings is 2. The van der Waals surface area contributed by atoms with Crippen molar-refractivity contribution in [2.75, 3.05) is 0 Å². The highest BCUT2D eigenvalue weighted by atomic mass is 16.5. The van der Waals surface area contributed by atoms with Crippen LogP contribution in [0.15, 0.2) is 54.6 Å². The summed E-state index contributed by atoms with van der Waals surface area (Å²) >= 11 is 0. The van der Waals surface area contributed by atoms with Gasteiger partial charge < -0.3 is 9.84 Å². The monoisotopic (exact) mass is 324 g/mol. The Morgan fingerprint density at radius 2 is 1.71 bits per heavy atom. The van der Waals surface area contributed by atoms with Gasteiger partial charge in [-0.05, 0) is 35.6 Å². The highest BCUT2D eigenvalue weighted by molar-refractivity contribution is 5.76. The van der Waals surface area contributed by atoms with E-state index in [4.69, 9.17) is 4.74 Å². The first kappa shape index (κ1) is 16.6. The molecule has 2 aromatic carbocycles. The summed E-state index contributed by atoms with van der Waals surface area (Å²) in [5.41, 5.74) is 1.99. The van der Waals surface area contributed by atoms with Crippen LogP contribution in [0.4, 0.5) is 0 Å². The van der Waals surface area contributed by atoms with Gasteiger partial charge in [0.1, 0.15) is 12.4 Å². The van der Waals surface area contributed by atoms with Crippen molar-refractivity contribution in [1.82, 2.24) is 0 Å². The molecule has 24 heavy (non-hydrogen) atoms. The zero-order valence-corrected chi connectivity index (χ0v) is 13.9. The number of rotatable bonds is 7. The Morgan fingerprint density at radius 3 is 2.33 bits per heavy atom. The average Bonchev–Trinajstić information content (AvgIpc) is 3.12. The van der Waals surface area contributed by atoms with Crippen LogP contribution < -0.4 is 4.74 Å². The van der Waals surface area contributed by atoms with Gasteiger partial charge in [0.15, 0.2) is 0 Å². The van der Waals surface area contributed by atoms with E-state index in [0.29, 0.717) is 12.5 Å². The molecule has 0 radical (unpaired) electrons. The molecule has 1 aliphatic carbocycles. The molecule has 0 bridgehead atoms. The summed E-state index contributed by atoms with van der Waals surface area (Å²) in [5.74, 6) is 0.198. The SMILES string of the molecule is O=C(O)C(CC1CCCC1)c1ccc(OCc2ccccc2)cc1. The molecule has 3 rings (SSSR count). The van der Waals surface area contributed by atoms with Crippen LogP contribution in [0.3, 0.4) is 0 Å². The number of carbonyl (C=O) groups is 1. The van der Waals surface area contributed by atoms with Gasteiger partial charge in [0.05, 0.1) is 5.92 Å². The standard InChI is InChI=1S/C21H24O3/c22-21(23)20(14-16-6-4-5-7-16)18-10-12-19(13-11-18)24-15-17-8-2-1-3-9-17/h1-3,8-13,16,20H,4-7,14-15H2,(H,22,23). The summed E-state index contributed by atoms with van der Waals surface area (Å²) in [6.45, 7) is 0.518. The van der Waals surface area contributed by atoms with Gasteiger partial charge in [0, 0.05) is 0 Å². The van der Waals surface area contributed by atoms with Crippen LogP contribution in [0.25, 0.3) is 0 Å². The predicted molar refractivity (Wildman–Crippen MR) is 94.2 cm³/mol. The van der Waals surface area contributed by atoms with Crippen molar-refractivity contribution < 1.29 is 14.6 Å². The van der Waals surface area contributed by atoms with Crippen molar-refractivity contribution >= 4 is 5.97 Å². The molecule has 126 valence electrons. The largest absolute Gasteiger partial charge is 0.489 e. The normalized spacial score (nSPS) is 16.0. The van der Waals surface area contributed by atoms with Gasteiger partial charge in [-0.15, -0.1) is 0 Å². The zero-order chi connectivity index (χ0) is 16.8. The van der Waals surface area contributed by atoms with Crippen LogP contribution in [0.2, 0.25) is 0 Å². The van der Waals surface area contributed by atoms with E-state index < -0.39 is 11.9 Å². The lowest BCUT2D eigenvalue weighted by molar-refractivity contribution is -0.139. The van der Waals surface area contributed by atoms with Crippen molar-refractivity contribution in [3.05, 3.63) is 65.7 Å². The van der Waals surface area contributed by atoms with Crippen LogP contribution in [0, 0.1) is 5.92 Å². The highest BCUT2D eigenvalue weighted by Crippen LogP contribution is 2.34. The van der Waals surface area contributed by atoms with Gasteiger partial charge >= 0.3 is 5.97 Å². The number of hydrogen-bond donors (Lipinski definition) is 1. The Bertz CT molecular complexity index is 643. The minimum Gasteiger partial charge on any atom is -0.489 e. The fourth-order valence-electron chi connectivity index (χ4n) is 3.50. The van der Waals surface area contributed by atoms with Gasteiger partial charge in [0.25, 0.3) is 0 Å². The molecule has 0 amide bonds. The van der Waals surface area contributed by atoms with Crippen molar-refractivity contribution in [2.45, 2.75) is 44.6 Å². The van der Waals surface area contributed by atoms with Gasteiger partial charge in [0.2, 0.25) is 0 Å². The van der Waals surface area contributed by atoms with E-state index in [1.165, 1.54) is 25.7 Å². The van der Waals surface area contributed by atoms with Crippen molar-refractivity contribution in [1.29, 1.82) is 0 Å². The molecule has 0 heterocycles. The summed E-state index contributed by atoms with van der Waals surface area (Å²) in [6, 6.07) is 17.6. The van der Waals surface area contributed by atoms with Crippen molar-refractivity contribution in [2.24, 2.45) is 5.92 Å². The number of carboxylic acid groups (broad SMARTS) is 1. The Balaban J connectivity index is 1.62. The zero-order valence-electron chi connectivity index (χ0n) is 13.9. The second-order valence-corrected chi connectivity index (χ2v) is 6.62. The molecule has 1 atom stereocenters. The number of ether oxygens (including phenoxy) is 1. The molecule has 1 saturated carbocycles. The molecule has 1 aliphatic rings. The van der Waals surface area contributed by atoms with E-state index in [9.17, 15) is 9.90 Å². The molecule has 1 N–H and O–H groups in total. The average molecular weight is 324 g/mol. The Hall–Kier alpha value is -2.29. The Kier molecular flexibility index (Phi) is 5.52. The first-order chi connectivity index (χ1) is 11.7. The van der Waals surface area contributed by atoms with Crippen LogP contribution >= 0.6 is 0 Å². The fraction of sp³-hybridized carbons (Fsp3) is 0.381. The van der Waals surface area contributed by atoms with Gasteiger partial charge in [-0.25, -0.2) is 0 Å². The van der Waals surface area contributed by atoms with E-state index in [1.807, 2.05) is 54.6 Å². The summed E-state index contributed by atoms with van der Waals surface area (Å²) in [5, 5.41) is 9.58. The first-order valence-corrected chi connectivity index (χ1v) is 8.72. The smallest absolute Gasteiger partial charge is 0.310 e. The minimum absolute atomic E-state index is 0.406. The van der Waals surface area contributed by atoms with E-state index in [1.54, 1.807) is 0 Å². The molecule has 1 unspecified atom stereocenters. The Labute approximate surface area is 143 Å². The first-order valence-electron chi connectivity index (χ1n) is 8.72. The third-order valence-corrected chi connectivity index (χ3v) is 4.87. The van der Waals surface area contributed by atoms with Crippen LogP contribution in [0.1, 0.15) is 49.1 Å². The third kappa shape index (κ3) is 4.38. The molecule has 3 heteroatoms. The van der Waals surface area contributed by atoms with Crippen LogP contribution in [-0.4, -0.2) is 11.1 Å². The van der Waals surface area contributed by atoms with Gasteiger partial charge in [-0.1, -0.05) is 68.1 Å². The third-order valence-electron chi connectivity index (χ3n) is 4.87. The van der Waals surface area contributed by atoms with E-state index >= 15 is 0 Å². The summed E-state index contributed by atoms with van der Waals surface area (Å²) in [7, 11) is 0. The molecule has 0 spiro atoms. The van der Waals surface area contributed by atoms with Crippen LogP contribution in [0.5, 0.6) is 5.75 Å². The lowest BCUT2D eigenvalue weighted by Gasteiger charge is -2.17. The number of hydrogen-bond acceptors (Lipinski definition) is 2. The fourth-order valence-corrected chi connectivity index (χ4v) is 3.50. The van der Waals surface area contributed by atoms with E-state index in [0.717, 1.165) is 23.3 Å². The lowest BCUT2D eigenvalue weighted by Crippen LogP contribution is -2.15. The second-order valence-electron chi connectivity index (χ2n) is 6.62. The maximum atomic E-state index is 11.7. The predicted octanol–water partition coefficient (Wildman–Crippen LogP) is 5.01. The lowest BCUT2D eigenvalue weighted by atomic mass is 9.88. The number of aliphatic carboxylic acids is 1. The molecule has 2 aromatic rings. The number of carboxylic acids is 1. The summed E-state index contributed by atoms with van der Waals surface area (Å²) < 4.78 is 5.77. The second kappa shape index (κ2) is 8.00. The Morgan fingerprint density at radius 1 is 1.04 bits per heavy atom. The van der Waals surface area contributed by atoms with E-state index in [2.05, 4.69) is 0 Å². The summed E-state index contributed by atoms with van der Waals surface area (Å²) in [6.07, 6.45) is 5.57. The van der Waals surface area contributed by atoms with Gasteiger partial charge in [-0.2, -0.15) is 0 Å². The molecular formula is C21H24O3. The van der Waals surface area contributed by atoms with Crippen molar-refractivity contribution in [3.63, 3.8) is 0 Å². The molecule has 1 fully saturated rings. The summed E-state index contributed by atoms with van der Waals surface area (Å²) in [4.78, 5) is 11.7. The van der Waals surface area contributed by atoms with Crippen LogP contribution in [-0.2, 0) is 11.4 Å². The minimum atomic E-state index is -0.722.